The second kappa shape index (κ2) is 10.8. The number of oxazole rings is 1. The predicted molar refractivity (Wildman–Crippen MR) is 157 cm³/mol. The third kappa shape index (κ3) is 5.21. The zero-order valence-electron chi connectivity index (χ0n) is 20.6. The average Bonchev–Trinajstić information content (AvgIpc) is 3.50. The van der Waals surface area contributed by atoms with E-state index in [0.29, 0.717) is 33.4 Å². The molecule has 2 heterocycles. The summed E-state index contributed by atoms with van der Waals surface area (Å²) >= 11 is 13.3. The second-order valence-electron chi connectivity index (χ2n) is 9.01. The summed E-state index contributed by atoms with van der Waals surface area (Å²) in [7, 11) is 0. The topological polar surface area (TPSA) is 92.5 Å². The molecule has 1 unspecified atom stereocenters. The number of para-hydroxylation sites is 2. The van der Waals surface area contributed by atoms with E-state index in [9.17, 15) is 14.4 Å². The van der Waals surface area contributed by atoms with Crippen LogP contribution in [0.3, 0.4) is 0 Å². The van der Waals surface area contributed by atoms with Crippen LogP contribution in [0.15, 0.2) is 100 Å². The average molecular weight is 588 g/mol. The molecule has 1 aliphatic heterocycles. The number of imide groups is 1. The number of hydrogen-bond acceptors (Lipinski definition) is 6. The summed E-state index contributed by atoms with van der Waals surface area (Å²) < 4.78 is 5.81. The maximum Gasteiger partial charge on any atom is 0.257 e. The molecule has 5 aromatic rings. The molecule has 1 N–H and O–H groups in total. The largest absolute Gasteiger partial charge is 0.436 e. The Kier molecular flexibility index (Phi) is 7.06. The number of thioether (sulfide) groups is 1. The van der Waals surface area contributed by atoms with Crippen LogP contribution in [0.25, 0.3) is 22.6 Å². The molecule has 0 bridgehead atoms. The van der Waals surface area contributed by atoms with Crippen molar-refractivity contribution in [3.05, 3.63) is 107 Å². The molecule has 40 heavy (non-hydrogen) atoms. The molecule has 7 nitrogen and oxygen atoms in total. The van der Waals surface area contributed by atoms with Crippen molar-refractivity contribution in [2.45, 2.75) is 16.6 Å². The number of halogens is 2. The first-order valence-electron chi connectivity index (χ1n) is 12.2. The number of fused-ring (bicyclic) bond motifs is 1. The van der Waals surface area contributed by atoms with Crippen molar-refractivity contribution in [2.24, 2.45) is 0 Å². The highest BCUT2D eigenvalue weighted by Crippen LogP contribution is 2.35. The molecule has 3 amide bonds. The summed E-state index contributed by atoms with van der Waals surface area (Å²) in [6, 6.07) is 26.2. The van der Waals surface area contributed by atoms with Crippen LogP contribution in [0.2, 0.25) is 10.0 Å². The lowest BCUT2D eigenvalue weighted by atomic mass is 10.2. The summed E-state index contributed by atoms with van der Waals surface area (Å²) in [4.78, 5) is 45.1. The van der Waals surface area contributed by atoms with Gasteiger partial charge in [-0.1, -0.05) is 35.3 Å². The minimum atomic E-state index is -0.558. The summed E-state index contributed by atoms with van der Waals surface area (Å²) in [5, 5.41) is 2.93. The zero-order valence-corrected chi connectivity index (χ0v) is 23.0. The summed E-state index contributed by atoms with van der Waals surface area (Å²) in [6.45, 7) is 0. The zero-order chi connectivity index (χ0) is 27.8. The molecular formula is C30H19Cl2N3O4S. The number of hydrogen-bond donors (Lipinski definition) is 1. The van der Waals surface area contributed by atoms with Crippen LogP contribution in [0.5, 0.6) is 0 Å². The van der Waals surface area contributed by atoms with Crippen molar-refractivity contribution in [2.75, 3.05) is 10.2 Å². The van der Waals surface area contributed by atoms with Gasteiger partial charge in [0, 0.05) is 27.6 Å². The maximum absolute atomic E-state index is 13.2. The highest BCUT2D eigenvalue weighted by atomic mass is 35.5. The quantitative estimate of drug-likeness (QED) is 0.207. The molecule has 1 aromatic heterocycles. The molecule has 0 radical (unpaired) electrons. The van der Waals surface area contributed by atoms with E-state index < -0.39 is 5.25 Å². The van der Waals surface area contributed by atoms with Crippen LogP contribution in [0, 0.1) is 0 Å². The van der Waals surface area contributed by atoms with Crippen molar-refractivity contribution >= 4 is 75.2 Å². The number of rotatable bonds is 6. The Morgan fingerprint density at radius 1 is 0.950 bits per heavy atom. The molecule has 0 aliphatic carbocycles. The highest BCUT2D eigenvalue weighted by molar-refractivity contribution is 8.00. The smallest absolute Gasteiger partial charge is 0.257 e. The van der Waals surface area contributed by atoms with Crippen LogP contribution in [-0.2, 0) is 9.59 Å². The number of anilines is 2. The lowest BCUT2D eigenvalue weighted by molar-refractivity contribution is -0.121. The normalized spacial score (nSPS) is 15.2. The molecule has 1 saturated heterocycles. The van der Waals surface area contributed by atoms with Crippen LogP contribution in [0.4, 0.5) is 11.4 Å². The van der Waals surface area contributed by atoms with Gasteiger partial charge < -0.3 is 9.73 Å². The van der Waals surface area contributed by atoms with E-state index >= 15 is 0 Å². The Morgan fingerprint density at radius 2 is 1.70 bits per heavy atom. The Labute approximate surface area is 243 Å². The van der Waals surface area contributed by atoms with Gasteiger partial charge in [0.05, 0.1) is 21.5 Å². The first-order valence-corrected chi connectivity index (χ1v) is 13.9. The highest BCUT2D eigenvalue weighted by Gasteiger charge is 2.40. The van der Waals surface area contributed by atoms with E-state index in [1.807, 2.05) is 24.3 Å². The van der Waals surface area contributed by atoms with Gasteiger partial charge in [-0.15, -0.1) is 11.8 Å². The van der Waals surface area contributed by atoms with Gasteiger partial charge in [0.2, 0.25) is 17.7 Å². The molecule has 1 aliphatic rings. The summed E-state index contributed by atoms with van der Waals surface area (Å²) in [5.41, 5.74) is 3.56. The fourth-order valence-corrected chi connectivity index (χ4v) is 5.92. The van der Waals surface area contributed by atoms with Crippen molar-refractivity contribution in [3.63, 3.8) is 0 Å². The van der Waals surface area contributed by atoms with Crippen LogP contribution < -0.4 is 10.2 Å². The van der Waals surface area contributed by atoms with Crippen LogP contribution in [-0.4, -0.2) is 28.0 Å². The van der Waals surface area contributed by atoms with Gasteiger partial charge in [-0.2, -0.15) is 0 Å². The molecule has 198 valence electrons. The number of amides is 3. The lowest BCUT2D eigenvalue weighted by Gasteiger charge is -2.15. The minimum absolute atomic E-state index is 0.0872. The number of carbonyl (C=O) groups excluding carboxylic acids is 3. The van der Waals surface area contributed by atoms with E-state index in [1.165, 1.54) is 22.7 Å². The second-order valence-corrected chi connectivity index (χ2v) is 11.1. The molecule has 4 aromatic carbocycles. The van der Waals surface area contributed by atoms with Gasteiger partial charge in [-0.05, 0) is 78.9 Å². The fourth-order valence-electron chi connectivity index (χ4n) is 4.37. The molecule has 1 atom stereocenters. The third-order valence-corrected chi connectivity index (χ3v) is 8.08. The van der Waals surface area contributed by atoms with E-state index in [0.717, 1.165) is 16.0 Å². The van der Waals surface area contributed by atoms with Gasteiger partial charge in [0.1, 0.15) is 5.52 Å². The SMILES string of the molecule is O=C(Nc1ccc(SC2CC(=O)N(c3ccc(-c4nc5ccccc5o4)cc3)C2=O)cc1)c1ccc(Cl)cc1Cl. The molecule has 0 spiro atoms. The van der Waals surface area contributed by atoms with Crippen molar-refractivity contribution in [1.29, 1.82) is 0 Å². The summed E-state index contributed by atoms with van der Waals surface area (Å²) in [5.74, 6) is -0.437. The summed E-state index contributed by atoms with van der Waals surface area (Å²) in [6.07, 6.45) is 0.0872. The predicted octanol–water partition coefficient (Wildman–Crippen LogP) is 7.48. The van der Waals surface area contributed by atoms with E-state index in [-0.39, 0.29) is 29.2 Å². The number of nitrogens with one attached hydrogen (secondary N) is 1. The van der Waals surface area contributed by atoms with Crippen molar-refractivity contribution in [1.82, 2.24) is 4.98 Å². The monoisotopic (exact) mass is 587 g/mol. The Morgan fingerprint density at radius 3 is 2.42 bits per heavy atom. The Hall–Kier alpha value is -4.11. The van der Waals surface area contributed by atoms with Gasteiger partial charge >= 0.3 is 0 Å². The first-order chi connectivity index (χ1) is 19.4. The lowest BCUT2D eigenvalue weighted by Crippen LogP contribution is -2.31. The Balaban J connectivity index is 1.11. The van der Waals surface area contributed by atoms with Gasteiger partial charge in [-0.25, -0.2) is 9.88 Å². The number of aromatic nitrogens is 1. The van der Waals surface area contributed by atoms with Crippen LogP contribution in [0.1, 0.15) is 16.8 Å². The molecule has 6 rings (SSSR count). The third-order valence-electron chi connectivity index (χ3n) is 6.34. The molecule has 1 fully saturated rings. The van der Waals surface area contributed by atoms with E-state index in [2.05, 4.69) is 10.3 Å². The molecular weight excluding hydrogens is 569 g/mol. The molecule has 0 saturated carbocycles. The van der Waals surface area contributed by atoms with Crippen LogP contribution >= 0.6 is 35.0 Å². The van der Waals surface area contributed by atoms with Crippen molar-refractivity contribution < 1.29 is 18.8 Å². The molecule has 10 heteroatoms. The standard InChI is InChI=1S/C30H19Cl2N3O4S/c31-18-7-14-22(23(32)15-18)28(37)33-19-8-12-21(13-9-19)40-26-16-27(36)35(30(26)38)20-10-5-17(6-11-20)29-34-24-3-1-2-4-25(24)39-29/h1-15,26H,16H2,(H,33,37). The van der Waals surface area contributed by atoms with E-state index in [4.69, 9.17) is 27.6 Å². The maximum atomic E-state index is 13.2. The number of carbonyl (C=O) groups is 3. The van der Waals surface area contributed by atoms with E-state index in [1.54, 1.807) is 60.7 Å². The van der Waals surface area contributed by atoms with Crippen molar-refractivity contribution in [3.8, 4) is 11.5 Å². The Bertz CT molecular complexity index is 1740. The number of nitrogens with zero attached hydrogens (tertiary/aromatic N) is 2. The number of benzene rings is 4. The van der Waals surface area contributed by atoms with Gasteiger partial charge in [-0.3, -0.25) is 14.4 Å². The first kappa shape index (κ1) is 26.1. The minimum Gasteiger partial charge on any atom is -0.436 e. The fraction of sp³-hybridized carbons (Fsp3) is 0.0667. The van der Waals surface area contributed by atoms with Gasteiger partial charge in [0.25, 0.3) is 5.91 Å². The van der Waals surface area contributed by atoms with Gasteiger partial charge in [0.15, 0.2) is 5.58 Å².